The molecule has 0 radical (unpaired) electrons. The van der Waals surface area contributed by atoms with Gasteiger partial charge in [0.05, 0.1) is 25.3 Å². The van der Waals surface area contributed by atoms with Crippen LogP contribution in [-0.4, -0.2) is 44.8 Å². The van der Waals surface area contributed by atoms with Crippen LogP contribution < -0.4 is 5.73 Å². The zero-order valence-corrected chi connectivity index (χ0v) is 8.33. The molecule has 8 nitrogen and oxygen atoms in total. The summed E-state index contributed by atoms with van der Waals surface area (Å²) in [6.45, 7) is 1.04. The van der Waals surface area contributed by atoms with E-state index in [1.807, 2.05) is 0 Å². The summed E-state index contributed by atoms with van der Waals surface area (Å²) in [5.41, 5.74) is 6.40. The van der Waals surface area contributed by atoms with E-state index in [0.29, 0.717) is 30.6 Å². The van der Waals surface area contributed by atoms with Gasteiger partial charge >= 0.3 is 0 Å². The Balaban J connectivity index is 1.88. The Morgan fingerprint density at radius 3 is 3.06 bits per heavy atom. The minimum absolute atomic E-state index is 0.0341. The number of aromatic nitrogens is 5. The molecule has 3 heterocycles. The number of hydrogen-bond donors (Lipinski definition) is 2. The second kappa shape index (κ2) is 3.65. The molecule has 1 aliphatic rings. The molecule has 0 saturated carbocycles. The van der Waals surface area contributed by atoms with E-state index < -0.39 is 0 Å². The van der Waals surface area contributed by atoms with Gasteiger partial charge in [-0.05, 0) is 0 Å². The van der Waals surface area contributed by atoms with Crippen LogP contribution in [0, 0.1) is 0 Å². The van der Waals surface area contributed by atoms with Crippen molar-refractivity contribution in [3.63, 3.8) is 0 Å². The summed E-state index contributed by atoms with van der Waals surface area (Å²) >= 11 is 0. The van der Waals surface area contributed by atoms with E-state index in [1.54, 1.807) is 0 Å². The summed E-state index contributed by atoms with van der Waals surface area (Å²) < 4.78 is 10.4. The zero-order valence-electron chi connectivity index (χ0n) is 8.33. The maximum atomic E-state index is 5.85. The van der Waals surface area contributed by atoms with Gasteiger partial charge < -0.3 is 15.0 Å². The Bertz CT molecular complexity index is 467. The van der Waals surface area contributed by atoms with Gasteiger partial charge in [0.15, 0.2) is 5.69 Å². The monoisotopic (exact) mass is 222 g/mol. The van der Waals surface area contributed by atoms with Crippen LogP contribution in [0.25, 0.3) is 11.5 Å². The van der Waals surface area contributed by atoms with Crippen molar-refractivity contribution in [2.24, 2.45) is 5.73 Å². The van der Waals surface area contributed by atoms with Gasteiger partial charge in [-0.15, -0.1) is 0 Å². The van der Waals surface area contributed by atoms with E-state index in [1.165, 1.54) is 6.20 Å². The molecule has 0 aliphatic carbocycles. The van der Waals surface area contributed by atoms with Crippen molar-refractivity contribution in [1.29, 1.82) is 0 Å². The van der Waals surface area contributed by atoms with E-state index >= 15 is 0 Å². The van der Waals surface area contributed by atoms with Crippen LogP contribution >= 0.6 is 0 Å². The Labute approximate surface area is 90.2 Å². The van der Waals surface area contributed by atoms with Crippen molar-refractivity contribution < 1.29 is 9.26 Å². The molecule has 84 valence electrons. The molecule has 16 heavy (non-hydrogen) atoms. The average molecular weight is 222 g/mol. The van der Waals surface area contributed by atoms with E-state index in [-0.39, 0.29) is 12.0 Å². The standard InChI is InChI=1S/C8H10N6O2/c9-5-3-15-2-4(5)8-11-7(13-16-8)6-1-10-14-12-6/h1,4-5H,2-3,9H2,(H,10,12,14). The first-order valence-electron chi connectivity index (χ1n) is 4.87. The normalized spacial score (nSPS) is 25.1. The molecule has 2 atom stereocenters. The smallest absolute Gasteiger partial charge is 0.234 e. The van der Waals surface area contributed by atoms with Gasteiger partial charge in [0, 0.05) is 6.04 Å². The predicted octanol–water partition coefficient (Wildman–Crippen LogP) is -0.704. The maximum Gasteiger partial charge on any atom is 0.234 e. The lowest BCUT2D eigenvalue weighted by molar-refractivity contribution is 0.187. The molecule has 1 aliphatic heterocycles. The topological polar surface area (TPSA) is 116 Å². The summed E-state index contributed by atoms with van der Waals surface area (Å²) in [5.74, 6) is 0.860. The summed E-state index contributed by atoms with van der Waals surface area (Å²) in [7, 11) is 0. The van der Waals surface area contributed by atoms with Gasteiger partial charge in [0.25, 0.3) is 0 Å². The highest BCUT2D eigenvalue weighted by Crippen LogP contribution is 2.24. The summed E-state index contributed by atoms with van der Waals surface area (Å²) in [6, 6.07) is -0.0920. The third-order valence-corrected chi connectivity index (χ3v) is 2.53. The van der Waals surface area contributed by atoms with Crippen LogP contribution in [0.1, 0.15) is 11.8 Å². The molecule has 1 saturated heterocycles. The molecule has 0 bridgehead atoms. The molecule has 0 amide bonds. The van der Waals surface area contributed by atoms with Crippen molar-refractivity contribution in [2.75, 3.05) is 13.2 Å². The van der Waals surface area contributed by atoms with E-state index in [0.717, 1.165) is 0 Å². The van der Waals surface area contributed by atoms with Gasteiger partial charge in [-0.25, -0.2) is 0 Å². The maximum absolute atomic E-state index is 5.85. The Hall–Kier alpha value is -1.80. The Morgan fingerprint density at radius 2 is 2.38 bits per heavy atom. The average Bonchev–Trinajstić information content (AvgIpc) is 2.96. The van der Waals surface area contributed by atoms with Crippen molar-refractivity contribution in [2.45, 2.75) is 12.0 Å². The summed E-state index contributed by atoms with van der Waals surface area (Å²) in [5, 5.41) is 13.8. The van der Waals surface area contributed by atoms with E-state index in [9.17, 15) is 0 Å². The minimum Gasteiger partial charge on any atom is -0.379 e. The van der Waals surface area contributed by atoms with Crippen molar-refractivity contribution in [1.82, 2.24) is 25.6 Å². The number of ether oxygens (including phenoxy) is 1. The molecule has 3 N–H and O–H groups in total. The highest BCUT2D eigenvalue weighted by atomic mass is 16.5. The van der Waals surface area contributed by atoms with Gasteiger partial charge in [0.1, 0.15) is 0 Å². The fourth-order valence-corrected chi connectivity index (χ4v) is 1.62. The van der Waals surface area contributed by atoms with Crippen LogP contribution in [0.15, 0.2) is 10.7 Å². The van der Waals surface area contributed by atoms with Crippen molar-refractivity contribution in [3.8, 4) is 11.5 Å². The van der Waals surface area contributed by atoms with Gasteiger partial charge in [-0.2, -0.15) is 20.4 Å². The third-order valence-electron chi connectivity index (χ3n) is 2.53. The number of rotatable bonds is 2. The zero-order chi connectivity index (χ0) is 11.0. The van der Waals surface area contributed by atoms with Crippen LogP contribution in [0.5, 0.6) is 0 Å². The minimum atomic E-state index is -0.0920. The van der Waals surface area contributed by atoms with Crippen LogP contribution in [0.4, 0.5) is 0 Å². The predicted molar refractivity (Wildman–Crippen MR) is 51.2 cm³/mol. The fourth-order valence-electron chi connectivity index (χ4n) is 1.62. The lowest BCUT2D eigenvalue weighted by Gasteiger charge is -2.05. The van der Waals surface area contributed by atoms with Crippen LogP contribution in [0.3, 0.4) is 0 Å². The number of nitrogens with zero attached hydrogens (tertiary/aromatic N) is 4. The first-order valence-corrected chi connectivity index (χ1v) is 4.87. The SMILES string of the molecule is NC1COCC1c1nc(-c2cn[nH]n2)no1. The summed E-state index contributed by atoms with van der Waals surface area (Å²) in [6.07, 6.45) is 1.53. The highest BCUT2D eigenvalue weighted by molar-refractivity contribution is 5.44. The fraction of sp³-hybridized carbons (Fsp3) is 0.500. The number of aromatic amines is 1. The van der Waals surface area contributed by atoms with Gasteiger partial charge in [0.2, 0.25) is 11.7 Å². The van der Waals surface area contributed by atoms with E-state index in [2.05, 4.69) is 25.6 Å². The van der Waals surface area contributed by atoms with Crippen molar-refractivity contribution >= 4 is 0 Å². The van der Waals surface area contributed by atoms with E-state index in [4.69, 9.17) is 15.0 Å². The molecule has 2 unspecified atom stereocenters. The van der Waals surface area contributed by atoms with Gasteiger partial charge in [-0.3, -0.25) is 0 Å². The number of H-pyrrole nitrogens is 1. The molecular weight excluding hydrogens is 212 g/mol. The first-order chi connectivity index (χ1) is 7.84. The number of nitrogens with two attached hydrogens (primary N) is 1. The molecule has 0 aromatic carbocycles. The Kier molecular flexibility index (Phi) is 2.15. The Morgan fingerprint density at radius 1 is 1.44 bits per heavy atom. The number of hydrogen-bond acceptors (Lipinski definition) is 7. The number of nitrogens with one attached hydrogen (secondary N) is 1. The molecule has 8 heteroatoms. The molecule has 2 aromatic heterocycles. The second-order valence-corrected chi connectivity index (χ2v) is 3.62. The van der Waals surface area contributed by atoms with Crippen LogP contribution in [-0.2, 0) is 4.74 Å². The lowest BCUT2D eigenvalue weighted by atomic mass is 10.1. The quantitative estimate of drug-likeness (QED) is 0.689. The molecule has 0 spiro atoms. The first kappa shape index (κ1) is 9.43. The lowest BCUT2D eigenvalue weighted by Crippen LogP contribution is -2.26. The highest BCUT2D eigenvalue weighted by Gasteiger charge is 2.31. The van der Waals surface area contributed by atoms with Crippen molar-refractivity contribution in [3.05, 3.63) is 12.1 Å². The van der Waals surface area contributed by atoms with Gasteiger partial charge in [-0.1, -0.05) is 5.16 Å². The van der Waals surface area contributed by atoms with Crippen LogP contribution in [0.2, 0.25) is 0 Å². The molecule has 3 rings (SSSR count). The largest absolute Gasteiger partial charge is 0.379 e. The molecular formula is C8H10N6O2. The summed E-state index contributed by atoms with van der Waals surface area (Å²) in [4.78, 5) is 4.22. The molecule has 2 aromatic rings. The third kappa shape index (κ3) is 1.48. The molecule has 1 fully saturated rings. The second-order valence-electron chi connectivity index (χ2n) is 3.62.